The Hall–Kier alpha value is -2.28. The predicted molar refractivity (Wildman–Crippen MR) is 182 cm³/mol. The molecule has 0 bridgehead atoms. The predicted octanol–water partition coefficient (Wildman–Crippen LogP) is 2.40. The molecule has 50 heavy (non-hydrogen) atoms. The summed E-state index contributed by atoms with van der Waals surface area (Å²) in [4.78, 5) is 22.1. The van der Waals surface area contributed by atoms with Gasteiger partial charge >= 0.3 is 5.97 Å². The molecule has 15 nitrogen and oxygen atoms in total. The Balaban J connectivity index is 1.65. The zero-order valence-electron chi connectivity index (χ0n) is 30.3. The van der Waals surface area contributed by atoms with Crippen molar-refractivity contribution in [3.63, 3.8) is 0 Å². The zero-order valence-corrected chi connectivity index (χ0v) is 30.3. The summed E-state index contributed by atoms with van der Waals surface area (Å²) >= 11 is 0. The van der Waals surface area contributed by atoms with Crippen molar-refractivity contribution in [3.8, 4) is 5.75 Å². The fourth-order valence-corrected chi connectivity index (χ4v) is 3.59. The summed E-state index contributed by atoms with van der Waals surface area (Å²) in [6.07, 6.45) is 0.795. The summed E-state index contributed by atoms with van der Waals surface area (Å²) in [5.74, 6) is 0.309. The normalized spacial score (nSPS) is 11.6. The molecule has 0 spiro atoms. The van der Waals surface area contributed by atoms with E-state index in [-0.39, 0.29) is 6.61 Å². The van der Waals surface area contributed by atoms with Crippen LogP contribution in [0.15, 0.2) is 24.3 Å². The van der Waals surface area contributed by atoms with E-state index in [9.17, 15) is 9.59 Å². The monoisotopic (exact) mass is 720 g/mol. The van der Waals surface area contributed by atoms with Crippen molar-refractivity contribution in [2.75, 3.05) is 152 Å². The third kappa shape index (κ3) is 32.9. The molecular formula is C35H60O15. The summed E-state index contributed by atoms with van der Waals surface area (Å²) in [7, 11) is 0. The smallest absolute Gasteiger partial charge is 0.332 e. The van der Waals surface area contributed by atoms with Crippen LogP contribution in [0.4, 0.5) is 0 Å². The standard InChI is InChI=1S/C35H60O15/c1-35(2,3)50-34(37)31-48-27-26-46-23-22-44-19-18-42-15-14-40-11-10-38-8-9-39-12-13-41-16-17-43-20-21-45-24-25-47-28-29-49-33-6-4-32(30-36)5-7-33/h4-7,30H,8-29,31H2,1-3H3. The Morgan fingerprint density at radius 1 is 0.460 bits per heavy atom. The van der Waals surface area contributed by atoms with E-state index >= 15 is 0 Å². The number of rotatable bonds is 37. The van der Waals surface area contributed by atoms with Gasteiger partial charge in [-0.2, -0.15) is 0 Å². The minimum Gasteiger partial charge on any atom is -0.491 e. The quantitative estimate of drug-likeness (QED) is 0.0561. The second-order valence-corrected chi connectivity index (χ2v) is 11.3. The molecule has 0 saturated heterocycles. The van der Waals surface area contributed by atoms with Crippen molar-refractivity contribution in [2.24, 2.45) is 0 Å². The van der Waals surface area contributed by atoms with Gasteiger partial charge < -0.3 is 61.6 Å². The highest BCUT2D eigenvalue weighted by molar-refractivity contribution is 5.74. The van der Waals surface area contributed by atoms with Crippen LogP contribution < -0.4 is 4.74 Å². The lowest BCUT2D eigenvalue weighted by Gasteiger charge is -2.19. The van der Waals surface area contributed by atoms with Crippen molar-refractivity contribution < 1.29 is 71.2 Å². The van der Waals surface area contributed by atoms with E-state index in [4.69, 9.17) is 61.6 Å². The second-order valence-electron chi connectivity index (χ2n) is 11.3. The van der Waals surface area contributed by atoms with E-state index in [2.05, 4.69) is 0 Å². The summed E-state index contributed by atoms with van der Waals surface area (Å²) < 4.78 is 70.5. The Morgan fingerprint density at radius 3 is 1.02 bits per heavy atom. The molecule has 0 radical (unpaired) electrons. The second kappa shape index (κ2) is 33.8. The van der Waals surface area contributed by atoms with E-state index in [0.717, 1.165) is 6.29 Å². The molecule has 1 aromatic carbocycles. The molecule has 0 N–H and O–H groups in total. The van der Waals surface area contributed by atoms with Crippen molar-refractivity contribution in [2.45, 2.75) is 26.4 Å². The fourth-order valence-electron chi connectivity index (χ4n) is 3.59. The molecule has 15 heteroatoms. The average molecular weight is 721 g/mol. The lowest BCUT2D eigenvalue weighted by molar-refractivity contribution is -0.160. The molecule has 0 heterocycles. The van der Waals surface area contributed by atoms with Gasteiger partial charge in [0.15, 0.2) is 0 Å². The molecule has 0 aliphatic carbocycles. The zero-order chi connectivity index (χ0) is 36.2. The minimum atomic E-state index is -0.515. The van der Waals surface area contributed by atoms with Gasteiger partial charge in [0.2, 0.25) is 0 Å². The van der Waals surface area contributed by atoms with Gasteiger partial charge in [0.25, 0.3) is 0 Å². The SMILES string of the molecule is CC(C)(C)OC(=O)COCCOCCOCCOCCOCCOCCOCCOCCOCCOCCOCCOc1ccc(C=O)cc1. The molecule has 0 unspecified atom stereocenters. The molecule has 1 rings (SSSR count). The Labute approximate surface area is 297 Å². The number of carbonyl (C=O) groups excluding carboxylic acids is 2. The van der Waals surface area contributed by atoms with Gasteiger partial charge in [0, 0.05) is 5.56 Å². The largest absolute Gasteiger partial charge is 0.491 e. The molecule has 0 amide bonds. The van der Waals surface area contributed by atoms with Crippen LogP contribution in [-0.4, -0.2) is 170 Å². The molecule has 0 fully saturated rings. The van der Waals surface area contributed by atoms with E-state index in [1.165, 1.54) is 0 Å². The molecular weight excluding hydrogens is 660 g/mol. The van der Waals surface area contributed by atoms with Crippen molar-refractivity contribution in [1.29, 1.82) is 0 Å². The highest BCUT2D eigenvalue weighted by Gasteiger charge is 2.15. The first-order chi connectivity index (χ1) is 24.4. The Kier molecular flexibility index (Phi) is 31.0. The Bertz CT molecular complexity index is 895. The highest BCUT2D eigenvalue weighted by atomic mass is 16.6. The highest BCUT2D eigenvalue weighted by Crippen LogP contribution is 2.10. The van der Waals surface area contributed by atoms with E-state index < -0.39 is 11.6 Å². The number of hydrogen-bond donors (Lipinski definition) is 0. The lowest BCUT2D eigenvalue weighted by atomic mass is 10.2. The van der Waals surface area contributed by atoms with E-state index in [0.29, 0.717) is 157 Å². The van der Waals surface area contributed by atoms with Crippen LogP contribution in [0, 0.1) is 0 Å². The molecule has 0 saturated carbocycles. The van der Waals surface area contributed by atoms with Crippen LogP contribution in [0.1, 0.15) is 31.1 Å². The summed E-state index contributed by atoms with van der Waals surface area (Å²) in [5, 5.41) is 0. The van der Waals surface area contributed by atoms with Crippen molar-refractivity contribution in [1.82, 2.24) is 0 Å². The summed E-state index contributed by atoms with van der Waals surface area (Å²) in [6, 6.07) is 6.92. The molecule has 0 aliphatic rings. The first kappa shape index (κ1) is 45.7. The topological polar surface area (TPSA) is 154 Å². The van der Waals surface area contributed by atoms with Gasteiger partial charge in [-0.3, -0.25) is 4.79 Å². The number of carbonyl (C=O) groups is 2. The van der Waals surface area contributed by atoms with Gasteiger partial charge in [0.1, 0.15) is 30.9 Å². The maximum Gasteiger partial charge on any atom is 0.332 e. The summed E-state index contributed by atoms with van der Waals surface area (Å²) in [5.41, 5.74) is 0.0993. The molecule has 290 valence electrons. The fraction of sp³-hybridized carbons (Fsp3) is 0.771. The third-order valence-corrected chi connectivity index (χ3v) is 5.87. The number of esters is 1. The third-order valence-electron chi connectivity index (χ3n) is 5.87. The van der Waals surface area contributed by atoms with Crippen molar-refractivity contribution in [3.05, 3.63) is 29.8 Å². The first-order valence-electron chi connectivity index (χ1n) is 17.2. The number of aldehydes is 1. The maximum absolute atomic E-state index is 11.5. The molecule has 0 atom stereocenters. The van der Waals surface area contributed by atoms with Gasteiger partial charge in [0.05, 0.1) is 139 Å². The van der Waals surface area contributed by atoms with E-state index in [1.807, 2.05) is 20.8 Å². The number of benzene rings is 1. The van der Waals surface area contributed by atoms with Gasteiger partial charge in [-0.25, -0.2) is 4.79 Å². The lowest BCUT2D eigenvalue weighted by Crippen LogP contribution is -2.27. The Morgan fingerprint density at radius 2 is 0.740 bits per heavy atom. The van der Waals surface area contributed by atoms with Crippen LogP contribution in [0.25, 0.3) is 0 Å². The molecule has 0 aliphatic heterocycles. The van der Waals surface area contributed by atoms with Crippen molar-refractivity contribution >= 4 is 12.3 Å². The molecule has 1 aromatic rings. The first-order valence-corrected chi connectivity index (χ1v) is 17.2. The van der Waals surface area contributed by atoms with Crippen LogP contribution in [0.2, 0.25) is 0 Å². The van der Waals surface area contributed by atoms with Crippen LogP contribution in [0.3, 0.4) is 0 Å². The van der Waals surface area contributed by atoms with Crippen LogP contribution in [0.5, 0.6) is 5.75 Å². The minimum absolute atomic E-state index is 0.0872. The van der Waals surface area contributed by atoms with E-state index in [1.54, 1.807) is 24.3 Å². The van der Waals surface area contributed by atoms with Gasteiger partial charge in [-0.05, 0) is 45.0 Å². The maximum atomic E-state index is 11.5. The molecule has 0 aromatic heterocycles. The summed E-state index contributed by atoms with van der Waals surface area (Å²) in [6.45, 7) is 15.5. The van der Waals surface area contributed by atoms with Gasteiger partial charge in [-0.1, -0.05) is 0 Å². The van der Waals surface area contributed by atoms with Crippen LogP contribution in [-0.2, 0) is 61.6 Å². The number of ether oxygens (including phenoxy) is 13. The average Bonchev–Trinajstić information content (AvgIpc) is 3.09. The van der Waals surface area contributed by atoms with Crippen LogP contribution >= 0.6 is 0 Å². The number of hydrogen-bond acceptors (Lipinski definition) is 15. The van der Waals surface area contributed by atoms with Gasteiger partial charge in [-0.15, -0.1) is 0 Å².